The lowest BCUT2D eigenvalue weighted by Gasteiger charge is -2.28. The first-order chi connectivity index (χ1) is 59.5. The SMILES string of the molecule is CCCCCCC[C@H]1CC[C@H](c2cnc(-c3ccc(OC)cc3)nc2)CC1.CCCCC[C@H]1CC[C@H](c2cnc(-c3ccc(OC)cc3)nc2)CC1.CCCC[C@H]1CC[C@H](c2cnc(-c3ccc(OC)cc3)nc2)CC1.CCC[C@H]1CC[C@H](c2cnc(-c3ccc(OC)cc3)nc2)CC1.CC[C@H]1CC[C@H](c2cnc(-c3ccc(OC)cc3)nc2)CC1. The summed E-state index contributed by atoms with van der Waals surface area (Å²) in [6.07, 6.45) is 69.0. The first kappa shape index (κ1) is 92.2. The van der Waals surface area contributed by atoms with Gasteiger partial charge in [-0.2, -0.15) is 0 Å². The van der Waals surface area contributed by atoms with Gasteiger partial charge in [-0.05, 0) is 337 Å². The molecule has 0 N–H and O–H groups in total. The second kappa shape index (κ2) is 50.8. The molecule has 0 spiro atoms. The van der Waals surface area contributed by atoms with Crippen molar-refractivity contribution >= 4 is 0 Å². The van der Waals surface area contributed by atoms with Crippen LogP contribution in [0.15, 0.2) is 183 Å². The van der Waals surface area contributed by atoms with E-state index in [9.17, 15) is 0 Å². The maximum Gasteiger partial charge on any atom is 0.159 e. The minimum atomic E-state index is 0.645. The first-order valence-corrected chi connectivity index (χ1v) is 46.8. The molecule has 0 amide bonds. The van der Waals surface area contributed by atoms with Crippen LogP contribution < -0.4 is 23.7 Å². The second-order valence-electron chi connectivity index (χ2n) is 35.0. The van der Waals surface area contributed by atoms with Crippen molar-refractivity contribution in [3.63, 3.8) is 0 Å². The summed E-state index contributed by atoms with van der Waals surface area (Å²) in [7, 11) is 8.39. The van der Waals surface area contributed by atoms with Gasteiger partial charge in [-0.15, -0.1) is 0 Å². The molecule has 5 aliphatic rings. The zero-order chi connectivity index (χ0) is 84.6. The Kier molecular flexibility index (Phi) is 38.7. The Morgan fingerprint density at radius 1 is 0.207 bits per heavy atom. The van der Waals surface area contributed by atoms with E-state index in [2.05, 4.69) is 84.5 Å². The zero-order valence-electron chi connectivity index (χ0n) is 75.1. The van der Waals surface area contributed by atoms with Gasteiger partial charge in [0, 0.05) is 89.8 Å². The number of hydrogen-bond donors (Lipinski definition) is 0. The number of hydrogen-bond acceptors (Lipinski definition) is 15. The normalized spacial score (nSPS) is 20.7. The highest BCUT2D eigenvalue weighted by atomic mass is 16.5. The highest BCUT2D eigenvalue weighted by Gasteiger charge is 2.28. The van der Waals surface area contributed by atoms with Crippen molar-refractivity contribution in [3.8, 4) is 85.7 Å². The van der Waals surface area contributed by atoms with Crippen LogP contribution in [0.5, 0.6) is 28.7 Å². The summed E-state index contributed by atoms with van der Waals surface area (Å²) in [6.45, 7) is 11.4. The molecule has 5 aromatic heterocycles. The summed E-state index contributed by atoms with van der Waals surface area (Å²) < 4.78 is 26.0. The van der Waals surface area contributed by atoms with E-state index in [0.29, 0.717) is 29.6 Å². The fourth-order valence-electron chi connectivity index (χ4n) is 18.9. The molecule has 5 heterocycles. The third-order valence-corrected chi connectivity index (χ3v) is 26.9. The van der Waals surface area contributed by atoms with E-state index < -0.39 is 0 Å². The molecule has 5 aliphatic carbocycles. The third-order valence-electron chi connectivity index (χ3n) is 26.9. The Balaban J connectivity index is 0.000000148. The summed E-state index contributed by atoms with van der Waals surface area (Å²) in [5.41, 5.74) is 11.7. The lowest BCUT2D eigenvalue weighted by molar-refractivity contribution is 0.301. The summed E-state index contributed by atoms with van der Waals surface area (Å²) in [6, 6.07) is 39.6. The van der Waals surface area contributed by atoms with Gasteiger partial charge in [0.25, 0.3) is 0 Å². The maximum atomic E-state index is 5.21. The Morgan fingerprint density at radius 2 is 0.397 bits per heavy atom. The number of unbranched alkanes of at least 4 members (excludes halogenated alkanes) is 7. The van der Waals surface area contributed by atoms with Crippen LogP contribution in [0.25, 0.3) is 56.9 Å². The Hall–Kier alpha value is -9.50. The predicted octanol–water partition coefficient (Wildman–Crippen LogP) is 28.5. The smallest absolute Gasteiger partial charge is 0.159 e. The quantitative estimate of drug-likeness (QED) is 0.0375. The zero-order valence-corrected chi connectivity index (χ0v) is 75.1. The highest BCUT2D eigenvalue weighted by molar-refractivity contribution is 5.60. The van der Waals surface area contributed by atoms with Gasteiger partial charge < -0.3 is 23.7 Å². The number of methoxy groups -OCH3 is 5. The van der Waals surface area contributed by atoms with Crippen LogP contribution in [0.4, 0.5) is 0 Å². The summed E-state index contributed by atoms with van der Waals surface area (Å²) in [5.74, 6) is 16.2. The van der Waals surface area contributed by atoms with E-state index in [1.165, 1.54) is 259 Å². The summed E-state index contributed by atoms with van der Waals surface area (Å²) in [5, 5.41) is 0. The Bertz CT molecular complexity index is 4420. The minimum absolute atomic E-state index is 0.645. The fourth-order valence-corrected chi connectivity index (χ4v) is 18.9. The van der Waals surface area contributed by atoms with E-state index in [1.54, 1.807) is 35.5 Å². The van der Waals surface area contributed by atoms with E-state index in [0.717, 1.165) is 115 Å². The average molecular weight is 1640 g/mol. The molecule has 5 fully saturated rings. The highest BCUT2D eigenvalue weighted by Crippen LogP contribution is 2.43. The van der Waals surface area contributed by atoms with Gasteiger partial charge in [0.05, 0.1) is 35.5 Å². The molecule has 5 saturated carbocycles. The predicted molar refractivity (Wildman–Crippen MR) is 496 cm³/mol. The van der Waals surface area contributed by atoms with Gasteiger partial charge in [0.15, 0.2) is 29.1 Å². The maximum absolute atomic E-state index is 5.21. The Morgan fingerprint density at radius 3 is 0.603 bits per heavy atom. The monoisotopic (exact) mass is 1640 g/mol. The summed E-state index contributed by atoms with van der Waals surface area (Å²) in [4.78, 5) is 46.0. The van der Waals surface area contributed by atoms with Crippen molar-refractivity contribution in [1.29, 1.82) is 0 Å². The molecule has 15 nitrogen and oxygen atoms in total. The number of ether oxygens (including phenoxy) is 5. The minimum Gasteiger partial charge on any atom is -0.497 e. The van der Waals surface area contributed by atoms with Crippen LogP contribution in [-0.4, -0.2) is 85.4 Å². The second-order valence-corrected chi connectivity index (χ2v) is 35.0. The lowest BCUT2D eigenvalue weighted by atomic mass is 9.77. The molecule has 0 unspecified atom stereocenters. The van der Waals surface area contributed by atoms with Crippen LogP contribution in [0.2, 0.25) is 0 Å². The van der Waals surface area contributed by atoms with Crippen molar-refractivity contribution in [3.05, 3.63) is 211 Å². The van der Waals surface area contributed by atoms with Crippen molar-refractivity contribution in [1.82, 2.24) is 49.8 Å². The van der Waals surface area contributed by atoms with E-state index in [-0.39, 0.29) is 0 Å². The van der Waals surface area contributed by atoms with Crippen LogP contribution in [-0.2, 0) is 0 Å². The molecule has 10 aromatic rings. The number of aromatic nitrogens is 10. The van der Waals surface area contributed by atoms with Gasteiger partial charge in [0.1, 0.15) is 28.7 Å². The average Bonchev–Trinajstić information content (AvgIpc) is 0.850. The molecule has 0 bridgehead atoms. The first-order valence-electron chi connectivity index (χ1n) is 46.8. The molecule has 15 heteroatoms. The number of benzene rings is 5. The standard InChI is InChI=1S/C24H34N2O.C22H30N2O.C21H28N2O.C20H26N2O.C19H24N2O/c1-3-4-5-6-7-8-19-9-11-20(12-10-19)22-17-25-24(26-18-22)21-13-15-23(27-2)16-14-21;1-3-4-5-6-17-7-9-18(10-8-17)20-15-23-22(24-16-20)19-11-13-21(25-2)14-12-19;1-3-4-5-16-6-8-17(9-7-16)19-14-22-21(23-15-19)18-10-12-20(24-2)13-11-18;1-3-4-15-5-7-16(8-6-15)18-13-21-20(22-14-18)17-9-11-19(23-2)12-10-17;1-3-14-4-6-15(7-5-14)17-12-20-19(21-13-17)16-8-10-18(22-2)11-9-16/h13-20H,3-12H2,1-2H3;11-18H,3-10H2,1-2H3;10-17H,3-9H2,1-2H3;9-16H,3-8H2,1-2H3;8-15H,3-7H2,1-2H3/t19-,20-;17-,18-;16-,17-;15-,16-;14-,15-. The molecule has 0 atom stereocenters. The lowest BCUT2D eigenvalue weighted by Crippen LogP contribution is -2.14. The molecular weight excluding hydrogens is 1490 g/mol. The van der Waals surface area contributed by atoms with Crippen molar-refractivity contribution in [2.75, 3.05) is 35.5 Å². The van der Waals surface area contributed by atoms with Crippen molar-refractivity contribution in [2.45, 2.75) is 295 Å². The molecule has 15 rings (SSSR count). The van der Waals surface area contributed by atoms with Crippen LogP contribution >= 0.6 is 0 Å². The van der Waals surface area contributed by atoms with Crippen LogP contribution in [0, 0.1) is 29.6 Å². The molecule has 121 heavy (non-hydrogen) atoms. The molecule has 0 radical (unpaired) electrons. The molecular formula is C106H142N10O5. The van der Waals surface area contributed by atoms with E-state index >= 15 is 0 Å². The topological polar surface area (TPSA) is 175 Å². The summed E-state index contributed by atoms with van der Waals surface area (Å²) >= 11 is 0. The largest absolute Gasteiger partial charge is 0.497 e. The molecule has 0 aliphatic heterocycles. The van der Waals surface area contributed by atoms with Crippen molar-refractivity contribution < 1.29 is 23.7 Å². The van der Waals surface area contributed by atoms with E-state index in [4.69, 9.17) is 23.7 Å². The van der Waals surface area contributed by atoms with Crippen LogP contribution in [0.3, 0.4) is 0 Å². The van der Waals surface area contributed by atoms with Crippen LogP contribution in [0.1, 0.15) is 323 Å². The van der Waals surface area contributed by atoms with Gasteiger partial charge in [-0.1, -0.05) is 137 Å². The molecule has 5 aromatic carbocycles. The number of nitrogens with zero attached hydrogens (tertiary/aromatic N) is 10. The van der Waals surface area contributed by atoms with Gasteiger partial charge in [-0.3, -0.25) is 0 Å². The van der Waals surface area contributed by atoms with Gasteiger partial charge in [-0.25, -0.2) is 49.8 Å². The molecule has 0 saturated heterocycles. The Labute approximate surface area is 726 Å². The fraction of sp³-hybridized carbons (Fsp3) is 0.528. The van der Waals surface area contributed by atoms with Gasteiger partial charge >= 0.3 is 0 Å². The molecule has 646 valence electrons. The third kappa shape index (κ3) is 29.1. The van der Waals surface area contributed by atoms with Crippen molar-refractivity contribution in [2.24, 2.45) is 29.6 Å². The van der Waals surface area contributed by atoms with E-state index in [1.807, 2.05) is 183 Å². The van der Waals surface area contributed by atoms with Gasteiger partial charge in [0.2, 0.25) is 0 Å². The number of rotatable bonds is 31.